The number of carbonyl (C=O) groups is 1. The van der Waals surface area contributed by atoms with Crippen LogP contribution in [0, 0.1) is 20.8 Å². The van der Waals surface area contributed by atoms with E-state index < -0.39 is 0 Å². The van der Waals surface area contributed by atoms with E-state index in [-0.39, 0.29) is 12.5 Å². The third kappa shape index (κ3) is 5.44. The molecule has 0 unspecified atom stereocenters. The molecule has 1 aromatic heterocycles. The number of nitrogens with one attached hydrogen (secondary N) is 1. The van der Waals surface area contributed by atoms with E-state index in [0.717, 1.165) is 28.2 Å². The van der Waals surface area contributed by atoms with Crippen LogP contribution < -0.4 is 10.1 Å². The molecule has 0 bridgehead atoms. The molecule has 0 spiro atoms. The lowest BCUT2D eigenvalue weighted by Gasteiger charge is -2.11. The summed E-state index contributed by atoms with van der Waals surface area (Å²) in [5, 5.41) is 8.46. The maximum atomic E-state index is 13.0. The van der Waals surface area contributed by atoms with Crippen molar-refractivity contribution in [1.82, 2.24) is 9.78 Å². The van der Waals surface area contributed by atoms with Gasteiger partial charge in [0, 0.05) is 5.56 Å². The van der Waals surface area contributed by atoms with Crippen LogP contribution >= 0.6 is 23.2 Å². The highest BCUT2D eigenvalue weighted by Gasteiger charge is 2.16. The van der Waals surface area contributed by atoms with Crippen molar-refractivity contribution in [2.45, 2.75) is 33.9 Å². The molecule has 5 nitrogen and oxygen atoms in total. The Morgan fingerprint density at radius 1 is 0.971 bits per heavy atom. The van der Waals surface area contributed by atoms with Crippen molar-refractivity contribution in [3.63, 3.8) is 0 Å². The Bertz CT molecular complexity index is 1350. The average molecular weight is 494 g/mol. The zero-order valence-corrected chi connectivity index (χ0v) is 20.7. The number of hydrogen-bond donors (Lipinski definition) is 1. The molecule has 3 aromatic carbocycles. The molecule has 34 heavy (non-hydrogen) atoms. The monoisotopic (exact) mass is 493 g/mol. The van der Waals surface area contributed by atoms with Crippen molar-refractivity contribution in [2.75, 3.05) is 5.32 Å². The average Bonchev–Trinajstić information content (AvgIpc) is 3.07. The summed E-state index contributed by atoms with van der Waals surface area (Å²) in [7, 11) is 0. The van der Waals surface area contributed by atoms with E-state index in [2.05, 4.69) is 35.5 Å². The summed E-state index contributed by atoms with van der Waals surface area (Å²) < 4.78 is 7.72. The molecule has 1 N–H and O–H groups in total. The molecule has 0 aliphatic heterocycles. The summed E-state index contributed by atoms with van der Waals surface area (Å²) in [6, 6.07) is 20.8. The van der Waals surface area contributed by atoms with Crippen LogP contribution in [-0.2, 0) is 13.2 Å². The van der Waals surface area contributed by atoms with Gasteiger partial charge in [0.05, 0.1) is 28.6 Å². The summed E-state index contributed by atoms with van der Waals surface area (Å²) in [4.78, 5) is 13.0. The molecular weight excluding hydrogens is 469 g/mol. The van der Waals surface area contributed by atoms with E-state index in [4.69, 9.17) is 27.9 Å². The fourth-order valence-corrected chi connectivity index (χ4v) is 4.11. The van der Waals surface area contributed by atoms with Crippen LogP contribution in [0.4, 0.5) is 5.69 Å². The molecule has 1 amide bonds. The van der Waals surface area contributed by atoms with Crippen LogP contribution in [0.2, 0.25) is 10.0 Å². The Morgan fingerprint density at radius 3 is 2.50 bits per heavy atom. The Morgan fingerprint density at radius 2 is 1.71 bits per heavy atom. The van der Waals surface area contributed by atoms with E-state index in [1.165, 1.54) is 5.56 Å². The van der Waals surface area contributed by atoms with Crippen molar-refractivity contribution in [3.8, 4) is 5.75 Å². The lowest BCUT2D eigenvalue weighted by Crippen LogP contribution is -2.14. The lowest BCUT2D eigenvalue weighted by molar-refractivity contribution is 0.102. The quantitative estimate of drug-likeness (QED) is 0.301. The molecule has 0 aliphatic rings. The maximum Gasteiger partial charge on any atom is 0.255 e. The topological polar surface area (TPSA) is 56.2 Å². The Balaban J connectivity index is 1.47. The fourth-order valence-electron chi connectivity index (χ4n) is 3.76. The summed E-state index contributed by atoms with van der Waals surface area (Å²) in [5.41, 5.74) is 6.14. The fraction of sp³-hybridized carbons (Fsp3) is 0.185. The first-order chi connectivity index (χ1) is 16.3. The molecular formula is C27H25Cl2N3O2. The van der Waals surface area contributed by atoms with E-state index in [1.807, 2.05) is 36.7 Å². The molecule has 174 valence electrons. The standard InChI is InChI=1S/C27H25Cl2N3O2/c1-17-7-4-8-20(13-17)15-32-19(3)26(18(2)31-32)30-27(33)22-10-5-9-21(14-22)16-34-24-12-6-11-23(28)25(24)29/h4-14H,15-16H2,1-3H3,(H,30,33). The predicted molar refractivity (Wildman–Crippen MR) is 137 cm³/mol. The van der Waals surface area contributed by atoms with E-state index in [1.54, 1.807) is 30.3 Å². The number of nitrogens with zero attached hydrogens (tertiary/aromatic N) is 2. The van der Waals surface area contributed by atoms with Gasteiger partial charge in [0.2, 0.25) is 0 Å². The number of halogens is 2. The molecule has 1 heterocycles. The largest absolute Gasteiger partial charge is 0.487 e. The van der Waals surface area contributed by atoms with Gasteiger partial charge in [-0.2, -0.15) is 5.10 Å². The van der Waals surface area contributed by atoms with Crippen LogP contribution in [0.1, 0.15) is 38.4 Å². The molecule has 4 aromatic rings. The highest BCUT2D eigenvalue weighted by atomic mass is 35.5. The van der Waals surface area contributed by atoms with Gasteiger partial charge in [0.1, 0.15) is 17.4 Å². The van der Waals surface area contributed by atoms with Crippen LogP contribution in [0.5, 0.6) is 5.75 Å². The van der Waals surface area contributed by atoms with Gasteiger partial charge in [0.15, 0.2) is 0 Å². The van der Waals surface area contributed by atoms with E-state index in [0.29, 0.717) is 27.9 Å². The van der Waals surface area contributed by atoms with Crippen molar-refractivity contribution >= 4 is 34.8 Å². The van der Waals surface area contributed by atoms with Crippen LogP contribution in [0.25, 0.3) is 0 Å². The van der Waals surface area contributed by atoms with E-state index >= 15 is 0 Å². The van der Waals surface area contributed by atoms with Gasteiger partial charge in [-0.3, -0.25) is 9.48 Å². The van der Waals surface area contributed by atoms with Gasteiger partial charge >= 0.3 is 0 Å². The van der Waals surface area contributed by atoms with Gasteiger partial charge in [-0.15, -0.1) is 0 Å². The SMILES string of the molecule is Cc1cccc(Cn2nc(C)c(NC(=O)c3cccc(COc4cccc(Cl)c4Cl)c3)c2C)c1. The minimum Gasteiger partial charge on any atom is -0.487 e. The van der Waals surface area contributed by atoms with Crippen molar-refractivity contribution in [1.29, 1.82) is 0 Å². The van der Waals surface area contributed by atoms with Crippen LogP contribution in [0.15, 0.2) is 66.7 Å². The number of anilines is 1. The normalized spacial score (nSPS) is 10.9. The van der Waals surface area contributed by atoms with Gasteiger partial charge < -0.3 is 10.1 Å². The first-order valence-electron chi connectivity index (χ1n) is 10.9. The molecule has 0 aliphatic carbocycles. The number of rotatable bonds is 7. The number of ether oxygens (including phenoxy) is 1. The second kappa shape index (κ2) is 10.3. The highest BCUT2D eigenvalue weighted by molar-refractivity contribution is 6.42. The molecule has 0 saturated carbocycles. The highest BCUT2D eigenvalue weighted by Crippen LogP contribution is 2.32. The lowest BCUT2D eigenvalue weighted by atomic mass is 10.1. The minimum atomic E-state index is -0.205. The van der Waals surface area contributed by atoms with Gasteiger partial charge in [-0.05, 0) is 56.2 Å². The first kappa shape index (κ1) is 23.9. The molecule has 7 heteroatoms. The Hall–Kier alpha value is -3.28. The number of hydrogen-bond acceptors (Lipinski definition) is 3. The number of amides is 1. The Kier molecular flexibility index (Phi) is 7.25. The molecule has 0 radical (unpaired) electrons. The van der Waals surface area contributed by atoms with Gasteiger partial charge in [0.25, 0.3) is 5.91 Å². The third-order valence-electron chi connectivity index (χ3n) is 5.53. The second-order valence-corrected chi connectivity index (χ2v) is 8.97. The zero-order valence-electron chi connectivity index (χ0n) is 19.2. The maximum absolute atomic E-state index is 13.0. The van der Waals surface area contributed by atoms with E-state index in [9.17, 15) is 4.79 Å². The zero-order chi connectivity index (χ0) is 24.2. The van der Waals surface area contributed by atoms with Crippen molar-refractivity contribution in [2.24, 2.45) is 0 Å². The number of aryl methyl sites for hydroxylation is 2. The number of benzene rings is 3. The predicted octanol–water partition coefficient (Wildman–Crippen LogP) is 6.99. The molecule has 0 fully saturated rings. The van der Waals surface area contributed by atoms with Crippen molar-refractivity contribution in [3.05, 3.63) is 110 Å². The second-order valence-electron chi connectivity index (χ2n) is 8.19. The van der Waals surface area contributed by atoms with Crippen molar-refractivity contribution < 1.29 is 9.53 Å². The van der Waals surface area contributed by atoms with Gasteiger partial charge in [-0.25, -0.2) is 0 Å². The smallest absolute Gasteiger partial charge is 0.255 e. The summed E-state index contributed by atoms with van der Waals surface area (Å²) in [6.45, 7) is 6.83. The first-order valence-corrected chi connectivity index (χ1v) is 11.6. The molecule has 0 saturated heterocycles. The molecule has 0 atom stereocenters. The van der Waals surface area contributed by atoms with Gasteiger partial charge in [-0.1, -0.05) is 71.2 Å². The summed E-state index contributed by atoms with van der Waals surface area (Å²) in [5.74, 6) is 0.292. The molecule has 4 rings (SSSR count). The summed E-state index contributed by atoms with van der Waals surface area (Å²) in [6.07, 6.45) is 0. The minimum absolute atomic E-state index is 0.205. The third-order valence-corrected chi connectivity index (χ3v) is 6.34. The number of carbonyl (C=O) groups excluding carboxylic acids is 1. The number of aromatic nitrogens is 2. The van der Waals surface area contributed by atoms with Crippen LogP contribution in [-0.4, -0.2) is 15.7 Å². The Labute approximate surface area is 209 Å². The summed E-state index contributed by atoms with van der Waals surface area (Å²) >= 11 is 12.2. The van der Waals surface area contributed by atoms with Crippen LogP contribution in [0.3, 0.4) is 0 Å².